The third-order valence-corrected chi connectivity index (χ3v) is 7.68. The molecular formula is C32H35F2N5O4. The number of methoxy groups -OCH3 is 1. The molecule has 3 amide bonds. The van der Waals surface area contributed by atoms with E-state index < -0.39 is 17.5 Å². The van der Waals surface area contributed by atoms with Gasteiger partial charge in [-0.15, -0.1) is 0 Å². The Morgan fingerprint density at radius 2 is 1.47 bits per heavy atom. The number of amides is 3. The molecule has 11 heteroatoms. The predicted octanol–water partition coefficient (Wildman–Crippen LogP) is 3.55. The summed E-state index contributed by atoms with van der Waals surface area (Å²) >= 11 is 0. The van der Waals surface area contributed by atoms with Crippen LogP contribution >= 0.6 is 0 Å². The predicted molar refractivity (Wildman–Crippen MR) is 160 cm³/mol. The molecule has 0 atom stereocenters. The van der Waals surface area contributed by atoms with E-state index in [1.165, 1.54) is 0 Å². The molecule has 2 N–H and O–H groups in total. The lowest BCUT2D eigenvalue weighted by Gasteiger charge is -2.29. The van der Waals surface area contributed by atoms with Crippen molar-refractivity contribution in [3.8, 4) is 5.75 Å². The molecule has 0 radical (unpaired) electrons. The molecule has 2 saturated heterocycles. The van der Waals surface area contributed by atoms with Crippen LogP contribution in [0.1, 0.15) is 32.7 Å². The zero-order valence-corrected chi connectivity index (χ0v) is 24.1. The van der Waals surface area contributed by atoms with E-state index in [0.717, 1.165) is 42.5 Å². The van der Waals surface area contributed by atoms with E-state index in [1.807, 2.05) is 18.2 Å². The smallest absolute Gasteiger partial charge is 0.254 e. The van der Waals surface area contributed by atoms with Gasteiger partial charge in [0.1, 0.15) is 17.4 Å². The molecule has 0 aliphatic carbocycles. The Morgan fingerprint density at radius 3 is 2.16 bits per heavy atom. The van der Waals surface area contributed by atoms with E-state index in [4.69, 9.17) is 4.74 Å². The Morgan fingerprint density at radius 1 is 0.791 bits per heavy atom. The molecule has 2 aliphatic rings. The first-order valence-electron chi connectivity index (χ1n) is 14.4. The fourth-order valence-electron chi connectivity index (χ4n) is 5.44. The van der Waals surface area contributed by atoms with Gasteiger partial charge in [-0.25, -0.2) is 8.78 Å². The molecule has 0 bridgehead atoms. The maximum atomic E-state index is 13.8. The van der Waals surface area contributed by atoms with E-state index >= 15 is 0 Å². The van der Waals surface area contributed by atoms with Gasteiger partial charge in [0.2, 0.25) is 5.91 Å². The summed E-state index contributed by atoms with van der Waals surface area (Å²) in [4.78, 5) is 45.0. The second kappa shape index (κ2) is 13.6. The van der Waals surface area contributed by atoms with E-state index in [0.29, 0.717) is 62.7 Å². The van der Waals surface area contributed by atoms with Crippen LogP contribution in [0, 0.1) is 11.6 Å². The monoisotopic (exact) mass is 591 g/mol. The molecule has 3 aromatic carbocycles. The molecule has 226 valence electrons. The van der Waals surface area contributed by atoms with Gasteiger partial charge in [-0.05, 0) is 54.4 Å². The summed E-state index contributed by atoms with van der Waals surface area (Å²) in [6.45, 7) is 4.38. The highest BCUT2D eigenvalue weighted by Gasteiger charge is 2.25. The van der Waals surface area contributed by atoms with Gasteiger partial charge >= 0.3 is 0 Å². The topological polar surface area (TPSA) is 94.2 Å². The zero-order chi connectivity index (χ0) is 30.3. The Balaban J connectivity index is 1.36. The number of piperazine rings is 1. The van der Waals surface area contributed by atoms with Gasteiger partial charge in [-0.3, -0.25) is 14.4 Å². The van der Waals surface area contributed by atoms with Crippen LogP contribution in [-0.2, 0) is 11.2 Å². The number of hydrogen-bond acceptors (Lipinski definition) is 6. The van der Waals surface area contributed by atoms with Crippen molar-refractivity contribution in [2.24, 2.45) is 0 Å². The van der Waals surface area contributed by atoms with Crippen molar-refractivity contribution in [2.75, 3.05) is 69.7 Å². The fourth-order valence-corrected chi connectivity index (χ4v) is 5.44. The summed E-state index contributed by atoms with van der Waals surface area (Å²) in [5.41, 5.74) is 2.49. The van der Waals surface area contributed by atoms with Crippen LogP contribution in [0.4, 0.5) is 20.2 Å². The van der Waals surface area contributed by atoms with Gasteiger partial charge in [-0.1, -0.05) is 12.1 Å². The first-order chi connectivity index (χ1) is 20.8. The number of anilines is 2. The third kappa shape index (κ3) is 7.47. The highest BCUT2D eigenvalue weighted by atomic mass is 19.1. The number of carbonyl (C=O) groups is 3. The van der Waals surface area contributed by atoms with Crippen LogP contribution in [0.15, 0.2) is 60.7 Å². The average Bonchev–Trinajstić information content (AvgIpc) is 3.27. The van der Waals surface area contributed by atoms with Gasteiger partial charge in [-0.2, -0.15) is 0 Å². The molecule has 0 aromatic heterocycles. The molecule has 0 unspecified atom stereocenters. The highest BCUT2D eigenvalue weighted by molar-refractivity contribution is 6.00. The molecule has 9 nitrogen and oxygen atoms in total. The van der Waals surface area contributed by atoms with E-state index in [2.05, 4.69) is 15.5 Å². The number of nitrogens with one attached hydrogen (secondary N) is 2. The molecule has 3 aromatic rings. The molecule has 2 heterocycles. The summed E-state index contributed by atoms with van der Waals surface area (Å²) in [5.74, 6) is -1.69. The van der Waals surface area contributed by atoms with Gasteiger partial charge in [0.25, 0.3) is 11.8 Å². The Labute approximate surface area is 249 Å². The summed E-state index contributed by atoms with van der Waals surface area (Å²) in [7, 11) is 1.58. The van der Waals surface area contributed by atoms with Crippen molar-refractivity contribution in [1.82, 2.24) is 15.1 Å². The third-order valence-electron chi connectivity index (χ3n) is 7.68. The summed E-state index contributed by atoms with van der Waals surface area (Å²) in [6.07, 6.45) is 0.732. The summed E-state index contributed by atoms with van der Waals surface area (Å²) in [5, 5.41) is 6.26. The number of hydrogen-bond donors (Lipinski definition) is 2. The normalized spacial score (nSPS) is 15.6. The first kappa shape index (κ1) is 30.0. The van der Waals surface area contributed by atoms with Crippen molar-refractivity contribution in [3.63, 3.8) is 0 Å². The Kier molecular flexibility index (Phi) is 9.51. The molecular weight excluding hydrogens is 556 g/mol. The van der Waals surface area contributed by atoms with Crippen molar-refractivity contribution in [1.29, 1.82) is 0 Å². The maximum Gasteiger partial charge on any atom is 0.254 e. The largest absolute Gasteiger partial charge is 0.497 e. The van der Waals surface area contributed by atoms with Gasteiger partial charge < -0.3 is 30.1 Å². The van der Waals surface area contributed by atoms with Crippen LogP contribution in [0.2, 0.25) is 0 Å². The highest BCUT2D eigenvalue weighted by Crippen LogP contribution is 2.30. The van der Waals surface area contributed by atoms with E-state index in [-0.39, 0.29) is 23.8 Å². The van der Waals surface area contributed by atoms with Crippen LogP contribution in [0.5, 0.6) is 5.75 Å². The quantitative estimate of drug-likeness (QED) is 0.437. The lowest BCUT2D eigenvalue weighted by Crippen LogP contribution is -2.46. The molecule has 2 aliphatic heterocycles. The standard InChI is InChI=1S/C32H35F2N5O4/c1-43-27-6-3-22(4-7-27)17-30(40)36-28-20-23(31(41)39-13-9-35-10-14-39)5-8-29(28)37-11-2-12-38(16-15-37)32(42)24-18-25(33)21-26(34)19-24/h3-8,18-21,35H,2,9-17H2,1H3,(H,36,40). The summed E-state index contributed by atoms with van der Waals surface area (Å²) in [6, 6.07) is 15.4. The molecule has 5 rings (SSSR count). The van der Waals surface area contributed by atoms with Crippen molar-refractivity contribution < 1.29 is 27.9 Å². The van der Waals surface area contributed by atoms with Crippen molar-refractivity contribution >= 4 is 29.1 Å². The second-order valence-corrected chi connectivity index (χ2v) is 10.6. The number of nitrogens with zero attached hydrogens (tertiary/aromatic N) is 3. The minimum atomic E-state index is -0.801. The minimum absolute atomic E-state index is 0.0341. The molecule has 43 heavy (non-hydrogen) atoms. The maximum absolute atomic E-state index is 13.8. The summed E-state index contributed by atoms with van der Waals surface area (Å²) < 4.78 is 32.7. The van der Waals surface area contributed by atoms with Crippen molar-refractivity contribution in [3.05, 3.63) is 89.0 Å². The number of rotatable bonds is 7. The SMILES string of the molecule is COc1ccc(CC(=O)Nc2cc(C(=O)N3CCNCC3)ccc2N2CCCN(C(=O)c3cc(F)cc(F)c3)CC2)cc1. The van der Waals surface area contributed by atoms with Crippen LogP contribution in [0.25, 0.3) is 0 Å². The van der Waals surface area contributed by atoms with Gasteiger partial charge in [0.15, 0.2) is 0 Å². The van der Waals surface area contributed by atoms with E-state index in [1.54, 1.807) is 41.2 Å². The van der Waals surface area contributed by atoms with E-state index in [9.17, 15) is 23.2 Å². The molecule has 0 saturated carbocycles. The Hall–Kier alpha value is -4.51. The average molecular weight is 592 g/mol. The fraction of sp³-hybridized carbons (Fsp3) is 0.344. The number of halogens is 2. The zero-order valence-electron chi connectivity index (χ0n) is 24.1. The Bertz CT molecular complexity index is 1460. The molecule has 0 spiro atoms. The second-order valence-electron chi connectivity index (χ2n) is 10.6. The van der Waals surface area contributed by atoms with Crippen LogP contribution in [0.3, 0.4) is 0 Å². The van der Waals surface area contributed by atoms with Crippen LogP contribution < -0.4 is 20.3 Å². The van der Waals surface area contributed by atoms with Crippen LogP contribution in [-0.4, -0.2) is 87.0 Å². The minimum Gasteiger partial charge on any atom is -0.497 e. The lowest BCUT2D eigenvalue weighted by atomic mass is 10.1. The van der Waals surface area contributed by atoms with Gasteiger partial charge in [0.05, 0.1) is 24.9 Å². The first-order valence-corrected chi connectivity index (χ1v) is 14.4. The molecule has 2 fully saturated rings. The lowest BCUT2D eigenvalue weighted by molar-refractivity contribution is -0.115. The number of ether oxygens (including phenoxy) is 1. The van der Waals surface area contributed by atoms with Gasteiger partial charge in [0, 0.05) is 69.6 Å². The van der Waals surface area contributed by atoms with Crippen molar-refractivity contribution in [2.45, 2.75) is 12.8 Å². The number of benzene rings is 3. The number of carbonyl (C=O) groups excluding carboxylic acids is 3.